The number of carbonyl (C=O) groups is 1. The topological polar surface area (TPSA) is 80.0 Å². The van der Waals surface area contributed by atoms with E-state index in [-0.39, 0.29) is 29.6 Å². The van der Waals surface area contributed by atoms with E-state index in [4.69, 9.17) is 16.1 Å². The van der Waals surface area contributed by atoms with Crippen molar-refractivity contribution in [1.29, 1.82) is 0 Å². The molecule has 2 aromatic heterocycles. The maximum Gasteiger partial charge on any atom is 0.417 e. The summed E-state index contributed by atoms with van der Waals surface area (Å²) in [5.74, 6) is 0.112. The summed E-state index contributed by atoms with van der Waals surface area (Å²) in [4.78, 5) is 15.7. The third-order valence-corrected chi connectivity index (χ3v) is 3.96. The monoisotopic (exact) mass is 410 g/mol. The van der Waals surface area contributed by atoms with Crippen LogP contribution in [0.2, 0.25) is 5.02 Å². The van der Waals surface area contributed by atoms with E-state index in [1.807, 2.05) is 30.3 Å². The van der Waals surface area contributed by atoms with Crippen molar-refractivity contribution < 1.29 is 22.5 Å². The van der Waals surface area contributed by atoms with Crippen molar-refractivity contribution >= 4 is 23.3 Å². The molecule has 3 aromatic rings. The van der Waals surface area contributed by atoms with E-state index in [1.54, 1.807) is 0 Å². The summed E-state index contributed by atoms with van der Waals surface area (Å²) in [6.45, 7) is 0.374. The van der Waals surface area contributed by atoms with Crippen molar-refractivity contribution in [2.24, 2.45) is 0 Å². The maximum atomic E-state index is 12.6. The number of halogens is 4. The van der Waals surface area contributed by atoms with E-state index < -0.39 is 17.6 Å². The van der Waals surface area contributed by atoms with Gasteiger partial charge in [0.1, 0.15) is 5.82 Å². The first-order valence-corrected chi connectivity index (χ1v) is 8.49. The molecule has 3 rings (SSSR count). The first-order valence-electron chi connectivity index (χ1n) is 8.11. The molecular weight excluding hydrogens is 397 g/mol. The molecule has 0 saturated carbocycles. The Balaban J connectivity index is 1.51. The van der Waals surface area contributed by atoms with Gasteiger partial charge in [0.15, 0.2) is 11.5 Å². The van der Waals surface area contributed by atoms with Gasteiger partial charge in [-0.15, -0.1) is 0 Å². The van der Waals surface area contributed by atoms with Crippen LogP contribution in [0.4, 0.5) is 19.0 Å². The number of carbonyl (C=O) groups excluding carboxylic acids is 1. The summed E-state index contributed by atoms with van der Waals surface area (Å²) in [6, 6.07) is 11.5. The fraction of sp³-hybridized carbons (Fsp3) is 0.167. The minimum Gasteiger partial charge on any atom is -0.367 e. The summed E-state index contributed by atoms with van der Waals surface area (Å²) < 4.78 is 42.9. The highest BCUT2D eigenvalue weighted by atomic mass is 35.5. The zero-order valence-electron chi connectivity index (χ0n) is 14.3. The lowest BCUT2D eigenvalue weighted by molar-refractivity contribution is -0.137. The van der Waals surface area contributed by atoms with E-state index in [0.717, 1.165) is 11.6 Å². The third kappa shape index (κ3) is 4.80. The van der Waals surface area contributed by atoms with Crippen LogP contribution in [-0.4, -0.2) is 29.1 Å². The molecular formula is C18H14ClF3N4O2. The molecule has 0 fully saturated rings. The molecule has 6 nitrogen and oxygen atoms in total. The molecule has 1 aromatic carbocycles. The summed E-state index contributed by atoms with van der Waals surface area (Å²) in [6.07, 6.45) is -3.83. The van der Waals surface area contributed by atoms with Gasteiger partial charge in [-0.2, -0.15) is 13.2 Å². The molecule has 0 aliphatic carbocycles. The summed E-state index contributed by atoms with van der Waals surface area (Å²) >= 11 is 5.80. The first kappa shape index (κ1) is 19.7. The molecule has 0 atom stereocenters. The van der Waals surface area contributed by atoms with Crippen LogP contribution in [0.3, 0.4) is 0 Å². The number of aromatic nitrogens is 2. The highest BCUT2D eigenvalue weighted by Crippen LogP contribution is 2.32. The van der Waals surface area contributed by atoms with Crippen LogP contribution in [0, 0.1) is 0 Å². The van der Waals surface area contributed by atoms with E-state index in [9.17, 15) is 18.0 Å². The Kier molecular flexibility index (Phi) is 5.84. The second-order valence-electron chi connectivity index (χ2n) is 5.68. The molecule has 2 heterocycles. The Morgan fingerprint density at radius 3 is 2.57 bits per heavy atom. The molecule has 2 N–H and O–H groups in total. The van der Waals surface area contributed by atoms with Gasteiger partial charge in [0.2, 0.25) is 0 Å². The lowest BCUT2D eigenvalue weighted by Crippen LogP contribution is -2.29. The molecule has 0 bridgehead atoms. The Labute approximate surface area is 162 Å². The largest absolute Gasteiger partial charge is 0.417 e. The Bertz CT molecular complexity index is 961. The minimum absolute atomic E-state index is 0.0942. The molecule has 0 saturated heterocycles. The zero-order valence-corrected chi connectivity index (χ0v) is 15.0. The van der Waals surface area contributed by atoms with Gasteiger partial charge in [0, 0.05) is 30.9 Å². The fourth-order valence-corrected chi connectivity index (χ4v) is 2.52. The highest BCUT2D eigenvalue weighted by molar-refractivity contribution is 6.32. The second kappa shape index (κ2) is 8.30. The van der Waals surface area contributed by atoms with E-state index >= 15 is 0 Å². The van der Waals surface area contributed by atoms with Crippen molar-refractivity contribution in [2.45, 2.75) is 6.18 Å². The lowest BCUT2D eigenvalue weighted by Gasteiger charge is -2.11. The smallest absolute Gasteiger partial charge is 0.367 e. The van der Waals surface area contributed by atoms with Crippen LogP contribution in [-0.2, 0) is 6.18 Å². The number of hydrogen-bond acceptors (Lipinski definition) is 5. The van der Waals surface area contributed by atoms with Crippen molar-refractivity contribution in [2.75, 3.05) is 18.4 Å². The van der Waals surface area contributed by atoms with Crippen LogP contribution in [0.15, 0.2) is 53.2 Å². The van der Waals surface area contributed by atoms with Crippen molar-refractivity contribution in [3.8, 4) is 11.3 Å². The second-order valence-corrected chi connectivity index (χ2v) is 6.08. The third-order valence-electron chi connectivity index (χ3n) is 3.67. The quantitative estimate of drug-likeness (QED) is 0.594. The Hall–Kier alpha value is -3.07. The van der Waals surface area contributed by atoms with E-state index in [1.165, 1.54) is 6.07 Å². The number of rotatable bonds is 6. The van der Waals surface area contributed by atoms with Crippen LogP contribution >= 0.6 is 11.6 Å². The minimum atomic E-state index is -4.51. The molecule has 1 amide bonds. The number of pyridine rings is 1. The summed E-state index contributed by atoms with van der Waals surface area (Å²) in [5, 5.41) is 8.94. The molecule has 10 heteroatoms. The zero-order chi connectivity index (χ0) is 20.1. The highest BCUT2D eigenvalue weighted by Gasteiger charge is 2.31. The number of amides is 1. The number of hydrogen-bond donors (Lipinski definition) is 2. The summed E-state index contributed by atoms with van der Waals surface area (Å²) in [7, 11) is 0. The van der Waals surface area contributed by atoms with Gasteiger partial charge in [-0.05, 0) is 6.07 Å². The van der Waals surface area contributed by atoms with E-state index in [2.05, 4.69) is 20.8 Å². The molecule has 0 radical (unpaired) electrons. The molecule has 0 unspecified atom stereocenters. The van der Waals surface area contributed by atoms with Crippen LogP contribution in [0.5, 0.6) is 0 Å². The van der Waals surface area contributed by atoms with Gasteiger partial charge < -0.3 is 15.2 Å². The number of nitrogens with zero attached hydrogens (tertiary/aromatic N) is 2. The van der Waals surface area contributed by atoms with Crippen molar-refractivity contribution in [3.63, 3.8) is 0 Å². The predicted octanol–water partition coefficient (Wildman–Crippen LogP) is 4.25. The predicted molar refractivity (Wildman–Crippen MR) is 97.0 cm³/mol. The van der Waals surface area contributed by atoms with Gasteiger partial charge in [0.25, 0.3) is 5.91 Å². The summed E-state index contributed by atoms with van der Waals surface area (Å²) in [5.41, 5.74) is -0.0279. The normalized spacial score (nSPS) is 11.3. The Morgan fingerprint density at radius 1 is 1.14 bits per heavy atom. The molecule has 0 aliphatic heterocycles. The average Bonchev–Trinajstić information content (AvgIpc) is 3.16. The fourth-order valence-electron chi connectivity index (χ4n) is 2.29. The van der Waals surface area contributed by atoms with Crippen LogP contribution < -0.4 is 10.6 Å². The SMILES string of the molecule is O=C(NCCNc1ncc(C(F)(F)F)cc1Cl)c1cc(-c2ccccc2)on1. The number of benzene rings is 1. The standard InChI is InChI=1S/C18H14ClF3N4O2/c19-13-8-12(18(20,21)22)10-25-16(13)23-6-7-24-17(27)14-9-15(28-26-14)11-4-2-1-3-5-11/h1-5,8-10H,6-7H2,(H,23,25)(H,24,27). The van der Waals surface area contributed by atoms with Gasteiger partial charge >= 0.3 is 6.18 Å². The van der Waals surface area contributed by atoms with E-state index in [0.29, 0.717) is 12.0 Å². The first-order chi connectivity index (χ1) is 13.3. The average molecular weight is 411 g/mol. The van der Waals surface area contributed by atoms with Gasteiger partial charge in [0.05, 0.1) is 10.6 Å². The Morgan fingerprint density at radius 2 is 1.89 bits per heavy atom. The number of anilines is 1. The molecule has 0 spiro atoms. The van der Waals surface area contributed by atoms with Gasteiger partial charge in [-0.1, -0.05) is 47.1 Å². The molecule has 146 valence electrons. The lowest BCUT2D eigenvalue weighted by atomic mass is 10.1. The van der Waals surface area contributed by atoms with Gasteiger partial charge in [-0.25, -0.2) is 4.98 Å². The van der Waals surface area contributed by atoms with Crippen LogP contribution in [0.1, 0.15) is 16.1 Å². The maximum absolute atomic E-state index is 12.6. The van der Waals surface area contributed by atoms with Crippen molar-refractivity contribution in [3.05, 3.63) is 64.9 Å². The van der Waals surface area contributed by atoms with Gasteiger partial charge in [-0.3, -0.25) is 4.79 Å². The van der Waals surface area contributed by atoms with Crippen molar-refractivity contribution in [1.82, 2.24) is 15.5 Å². The molecule has 28 heavy (non-hydrogen) atoms. The number of alkyl halides is 3. The number of nitrogens with one attached hydrogen (secondary N) is 2. The molecule has 0 aliphatic rings. The van der Waals surface area contributed by atoms with Crippen LogP contribution in [0.25, 0.3) is 11.3 Å².